The first kappa shape index (κ1) is 11.8. The quantitative estimate of drug-likeness (QED) is 0.391. The maximum atomic E-state index is 2.43. The van der Waals surface area contributed by atoms with Gasteiger partial charge in [0.05, 0.1) is 0 Å². The Morgan fingerprint density at radius 3 is 2.41 bits per heavy atom. The zero-order chi connectivity index (χ0) is 14.5. The van der Waals surface area contributed by atoms with E-state index < -0.39 is 0 Å². The normalized spacial score (nSPS) is 12.4. The van der Waals surface area contributed by atoms with Crippen LogP contribution in [0.2, 0.25) is 0 Å². The summed E-state index contributed by atoms with van der Waals surface area (Å²) in [5.74, 6) is 0. The van der Waals surface area contributed by atoms with Gasteiger partial charge in [0.2, 0.25) is 0 Å². The SMILES string of the molecule is c1ccc(-c2ccc3c(c2)cc2n3Cc3ccccc3-2)cc1. The van der Waals surface area contributed by atoms with E-state index in [1.807, 2.05) is 0 Å². The molecule has 104 valence electrons. The Bertz CT molecular complexity index is 993. The van der Waals surface area contributed by atoms with Crippen LogP contribution < -0.4 is 0 Å². The van der Waals surface area contributed by atoms with Gasteiger partial charge >= 0.3 is 0 Å². The van der Waals surface area contributed by atoms with E-state index in [1.165, 1.54) is 38.9 Å². The Labute approximate surface area is 129 Å². The number of hydrogen-bond donors (Lipinski definition) is 0. The molecule has 0 atom stereocenters. The molecular formula is C21H15N. The van der Waals surface area contributed by atoms with E-state index in [9.17, 15) is 0 Å². The molecule has 0 bridgehead atoms. The second-order valence-electron chi connectivity index (χ2n) is 5.91. The van der Waals surface area contributed by atoms with E-state index in [0.29, 0.717) is 0 Å². The van der Waals surface area contributed by atoms with E-state index >= 15 is 0 Å². The van der Waals surface area contributed by atoms with Crippen molar-refractivity contribution in [3.05, 3.63) is 84.4 Å². The molecule has 1 heteroatoms. The number of nitrogens with zero attached hydrogens (tertiary/aromatic N) is 1. The number of aromatic nitrogens is 1. The fourth-order valence-corrected chi connectivity index (χ4v) is 3.55. The lowest BCUT2D eigenvalue weighted by Gasteiger charge is -2.04. The highest BCUT2D eigenvalue weighted by Gasteiger charge is 2.20. The van der Waals surface area contributed by atoms with Crippen molar-refractivity contribution in [1.29, 1.82) is 0 Å². The summed E-state index contributed by atoms with van der Waals surface area (Å²) in [4.78, 5) is 0. The molecule has 0 fully saturated rings. The van der Waals surface area contributed by atoms with Gasteiger partial charge in [0, 0.05) is 28.7 Å². The summed E-state index contributed by atoms with van der Waals surface area (Å²) in [6.45, 7) is 0.986. The maximum absolute atomic E-state index is 2.43. The van der Waals surface area contributed by atoms with Crippen LogP contribution in [0.1, 0.15) is 5.56 Å². The number of hydrogen-bond acceptors (Lipinski definition) is 0. The molecule has 0 unspecified atom stereocenters. The van der Waals surface area contributed by atoms with Gasteiger partial charge in [-0.1, -0.05) is 60.7 Å². The molecule has 2 heterocycles. The van der Waals surface area contributed by atoms with E-state index in [0.717, 1.165) is 6.54 Å². The lowest BCUT2D eigenvalue weighted by atomic mass is 10.0. The third-order valence-corrected chi connectivity index (χ3v) is 4.63. The molecule has 0 aliphatic carbocycles. The lowest BCUT2D eigenvalue weighted by molar-refractivity contribution is 0.887. The van der Waals surface area contributed by atoms with Gasteiger partial charge in [-0.25, -0.2) is 0 Å². The molecule has 0 saturated carbocycles. The second kappa shape index (κ2) is 4.35. The molecule has 22 heavy (non-hydrogen) atoms. The maximum Gasteiger partial charge on any atom is 0.0497 e. The molecule has 3 aromatic carbocycles. The molecule has 1 aliphatic rings. The monoisotopic (exact) mass is 281 g/mol. The van der Waals surface area contributed by atoms with E-state index in [1.54, 1.807) is 0 Å². The van der Waals surface area contributed by atoms with Crippen LogP contribution in [0.25, 0.3) is 33.3 Å². The summed E-state index contributed by atoms with van der Waals surface area (Å²) in [7, 11) is 0. The predicted molar refractivity (Wildman–Crippen MR) is 91.9 cm³/mol. The summed E-state index contributed by atoms with van der Waals surface area (Å²) in [6, 6.07) is 28.4. The lowest BCUT2D eigenvalue weighted by Crippen LogP contribution is -1.91. The minimum atomic E-state index is 0.986. The van der Waals surface area contributed by atoms with Crippen molar-refractivity contribution >= 4 is 10.9 Å². The molecule has 0 spiro atoms. The Balaban J connectivity index is 1.72. The Morgan fingerprint density at radius 2 is 1.50 bits per heavy atom. The van der Waals surface area contributed by atoms with Crippen molar-refractivity contribution in [2.45, 2.75) is 6.54 Å². The Morgan fingerprint density at radius 1 is 0.682 bits per heavy atom. The number of benzene rings is 3. The molecule has 4 aromatic rings. The molecule has 1 aromatic heterocycles. The van der Waals surface area contributed by atoms with E-state index in [4.69, 9.17) is 0 Å². The van der Waals surface area contributed by atoms with Gasteiger partial charge in [-0.3, -0.25) is 0 Å². The molecule has 0 saturated heterocycles. The summed E-state index contributed by atoms with van der Waals surface area (Å²) in [5, 5.41) is 1.32. The predicted octanol–water partition coefficient (Wildman–Crippen LogP) is 5.34. The van der Waals surface area contributed by atoms with Crippen molar-refractivity contribution in [3.8, 4) is 22.4 Å². The van der Waals surface area contributed by atoms with Gasteiger partial charge in [0.1, 0.15) is 0 Å². The van der Waals surface area contributed by atoms with Crippen molar-refractivity contribution in [1.82, 2.24) is 4.57 Å². The average Bonchev–Trinajstić information content (AvgIpc) is 3.11. The first-order chi connectivity index (χ1) is 10.9. The molecule has 1 aliphatic heterocycles. The molecule has 0 radical (unpaired) electrons. The fourth-order valence-electron chi connectivity index (χ4n) is 3.55. The van der Waals surface area contributed by atoms with Crippen molar-refractivity contribution in [3.63, 3.8) is 0 Å². The summed E-state index contributed by atoms with van der Waals surface area (Å²) in [5.41, 5.74) is 8.02. The van der Waals surface area contributed by atoms with Gasteiger partial charge in [-0.2, -0.15) is 0 Å². The zero-order valence-electron chi connectivity index (χ0n) is 12.2. The topological polar surface area (TPSA) is 4.93 Å². The van der Waals surface area contributed by atoms with Gasteiger partial charge < -0.3 is 4.57 Å². The van der Waals surface area contributed by atoms with Crippen LogP contribution in [0, 0.1) is 0 Å². The third-order valence-electron chi connectivity index (χ3n) is 4.63. The summed E-state index contributed by atoms with van der Waals surface area (Å²) >= 11 is 0. The van der Waals surface area contributed by atoms with Crippen LogP contribution in [0.15, 0.2) is 78.9 Å². The van der Waals surface area contributed by atoms with Crippen molar-refractivity contribution in [2.24, 2.45) is 0 Å². The van der Waals surface area contributed by atoms with Crippen LogP contribution in [0.4, 0.5) is 0 Å². The fraction of sp³-hybridized carbons (Fsp3) is 0.0476. The standard InChI is InChI=1S/C21H15N/c1-2-6-15(7-3-1)16-10-11-20-18(12-16)13-21-19-9-5-4-8-17(19)14-22(20)21/h1-13H,14H2. The minimum Gasteiger partial charge on any atom is -0.336 e. The van der Waals surface area contributed by atoms with Crippen molar-refractivity contribution < 1.29 is 0 Å². The summed E-state index contributed by atoms with van der Waals surface area (Å²) in [6.07, 6.45) is 0. The average molecular weight is 281 g/mol. The molecule has 0 amide bonds. The minimum absolute atomic E-state index is 0.986. The van der Waals surface area contributed by atoms with Gasteiger partial charge in [-0.15, -0.1) is 0 Å². The Hall–Kier alpha value is -2.80. The van der Waals surface area contributed by atoms with Gasteiger partial charge in [0.15, 0.2) is 0 Å². The molecular weight excluding hydrogens is 266 g/mol. The molecule has 5 rings (SSSR count). The smallest absolute Gasteiger partial charge is 0.0497 e. The van der Waals surface area contributed by atoms with Crippen LogP contribution in [0.3, 0.4) is 0 Å². The van der Waals surface area contributed by atoms with Crippen LogP contribution >= 0.6 is 0 Å². The van der Waals surface area contributed by atoms with Gasteiger partial charge in [0.25, 0.3) is 0 Å². The first-order valence-corrected chi connectivity index (χ1v) is 7.67. The van der Waals surface area contributed by atoms with Crippen LogP contribution in [0.5, 0.6) is 0 Å². The Kier molecular flexibility index (Phi) is 2.33. The van der Waals surface area contributed by atoms with E-state index in [2.05, 4.69) is 83.4 Å². The van der Waals surface area contributed by atoms with Gasteiger partial charge in [-0.05, 0) is 34.9 Å². The second-order valence-corrected chi connectivity index (χ2v) is 5.91. The van der Waals surface area contributed by atoms with Crippen LogP contribution in [-0.4, -0.2) is 4.57 Å². The molecule has 0 N–H and O–H groups in total. The third kappa shape index (κ3) is 1.59. The summed E-state index contributed by atoms with van der Waals surface area (Å²) < 4.78 is 2.43. The number of rotatable bonds is 1. The highest BCUT2D eigenvalue weighted by Crippen LogP contribution is 2.38. The molecule has 1 nitrogen and oxygen atoms in total. The van der Waals surface area contributed by atoms with Crippen molar-refractivity contribution in [2.75, 3.05) is 0 Å². The highest BCUT2D eigenvalue weighted by molar-refractivity contribution is 5.92. The largest absolute Gasteiger partial charge is 0.336 e. The first-order valence-electron chi connectivity index (χ1n) is 7.67. The number of fused-ring (bicyclic) bond motifs is 5. The highest BCUT2D eigenvalue weighted by atomic mass is 15.0. The van der Waals surface area contributed by atoms with E-state index in [-0.39, 0.29) is 0 Å². The van der Waals surface area contributed by atoms with Crippen LogP contribution in [-0.2, 0) is 6.54 Å². The zero-order valence-corrected chi connectivity index (χ0v) is 12.2.